The summed E-state index contributed by atoms with van der Waals surface area (Å²) in [5, 5.41) is 0. The van der Waals surface area contributed by atoms with Gasteiger partial charge in [-0.25, -0.2) is 4.79 Å². The van der Waals surface area contributed by atoms with E-state index in [9.17, 15) is 4.79 Å². The van der Waals surface area contributed by atoms with Gasteiger partial charge >= 0.3 is 12.3 Å². The third-order valence-corrected chi connectivity index (χ3v) is 1.06. The van der Waals surface area contributed by atoms with Crippen LogP contribution in [-0.4, -0.2) is 32.1 Å². The average Bonchev–Trinajstić information content (AvgIpc) is 2.60. The van der Waals surface area contributed by atoms with Gasteiger partial charge < -0.3 is 14.2 Å². The molecule has 1 heterocycles. The molecular formula is C6H10O4. The van der Waals surface area contributed by atoms with Gasteiger partial charge in [-0.15, -0.1) is 0 Å². The SMILES string of the molecule is CCOCCOC1OC1=O. The molecule has 0 aromatic heterocycles. The van der Waals surface area contributed by atoms with Crippen molar-refractivity contribution in [2.24, 2.45) is 0 Å². The quantitative estimate of drug-likeness (QED) is 0.402. The van der Waals surface area contributed by atoms with E-state index in [1.807, 2.05) is 6.92 Å². The van der Waals surface area contributed by atoms with Crippen LogP contribution < -0.4 is 0 Å². The van der Waals surface area contributed by atoms with Crippen LogP contribution in [-0.2, 0) is 19.0 Å². The molecule has 1 aliphatic heterocycles. The monoisotopic (exact) mass is 146 g/mol. The van der Waals surface area contributed by atoms with Gasteiger partial charge in [-0.2, -0.15) is 0 Å². The third kappa shape index (κ3) is 2.33. The van der Waals surface area contributed by atoms with Crippen LogP contribution in [0.15, 0.2) is 0 Å². The van der Waals surface area contributed by atoms with E-state index in [-0.39, 0.29) is 5.97 Å². The van der Waals surface area contributed by atoms with Crippen molar-refractivity contribution < 1.29 is 19.0 Å². The Morgan fingerprint density at radius 2 is 2.30 bits per heavy atom. The van der Waals surface area contributed by atoms with Crippen molar-refractivity contribution in [1.82, 2.24) is 0 Å². The number of carbonyl (C=O) groups excluding carboxylic acids is 1. The summed E-state index contributed by atoms with van der Waals surface area (Å²) in [6.07, 6.45) is -0.597. The van der Waals surface area contributed by atoms with Gasteiger partial charge in [-0.3, -0.25) is 0 Å². The molecule has 0 aromatic carbocycles. The molecule has 0 bridgehead atoms. The van der Waals surface area contributed by atoms with Crippen LogP contribution in [0.5, 0.6) is 0 Å². The molecule has 0 aliphatic carbocycles. The van der Waals surface area contributed by atoms with Crippen LogP contribution >= 0.6 is 0 Å². The molecule has 0 saturated carbocycles. The molecule has 1 saturated heterocycles. The molecule has 4 heteroatoms. The van der Waals surface area contributed by atoms with Gasteiger partial charge in [0.1, 0.15) is 0 Å². The van der Waals surface area contributed by atoms with E-state index in [0.29, 0.717) is 19.8 Å². The largest absolute Gasteiger partial charge is 0.419 e. The highest BCUT2D eigenvalue weighted by Crippen LogP contribution is 2.12. The zero-order chi connectivity index (χ0) is 7.40. The zero-order valence-electron chi connectivity index (χ0n) is 5.83. The predicted molar refractivity (Wildman–Crippen MR) is 32.3 cm³/mol. The highest BCUT2D eigenvalue weighted by Gasteiger charge is 2.39. The maximum Gasteiger partial charge on any atom is 0.379 e. The highest BCUT2D eigenvalue weighted by molar-refractivity contribution is 5.85. The highest BCUT2D eigenvalue weighted by atomic mass is 16.8. The van der Waals surface area contributed by atoms with Crippen molar-refractivity contribution in [3.05, 3.63) is 0 Å². The van der Waals surface area contributed by atoms with Crippen LogP contribution in [0.2, 0.25) is 0 Å². The summed E-state index contributed by atoms with van der Waals surface area (Å²) in [5.41, 5.74) is 0. The van der Waals surface area contributed by atoms with Crippen molar-refractivity contribution >= 4 is 5.97 Å². The Morgan fingerprint density at radius 3 is 2.80 bits per heavy atom. The summed E-state index contributed by atoms with van der Waals surface area (Å²) < 4.78 is 14.2. The van der Waals surface area contributed by atoms with E-state index in [1.54, 1.807) is 0 Å². The van der Waals surface area contributed by atoms with E-state index in [4.69, 9.17) is 9.47 Å². The van der Waals surface area contributed by atoms with Gasteiger partial charge in [0.15, 0.2) is 0 Å². The maximum absolute atomic E-state index is 10.2. The lowest BCUT2D eigenvalue weighted by Crippen LogP contribution is -2.06. The first-order chi connectivity index (χ1) is 4.84. The molecule has 0 spiro atoms. The Kier molecular flexibility index (Phi) is 2.65. The van der Waals surface area contributed by atoms with Crippen LogP contribution in [0.25, 0.3) is 0 Å². The number of ether oxygens (including phenoxy) is 3. The van der Waals surface area contributed by atoms with E-state index >= 15 is 0 Å². The number of epoxide rings is 1. The van der Waals surface area contributed by atoms with Crippen LogP contribution in [0.1, 0.15) is 6.92 Å². The first kappa shape index (κ1) is 7.50. The smallest absolute Gasteiger partial charge is 0.379 e. The molecule has 1 rings (SSSR count). The van der Waals surface area contributed by atoms with Gasteiger partial charge in [0.05, 0.1) is 13.2 Å². The van der Waals surface area contributed by atoms with E-state index < -0.39 is 6.29 Å². The minimum atomic E-state index is -0.597. The number of carbonyl (C=O) groups is 1. The lowest BCUT2D eigenvalue weighted by Gasteiger charge is -1.97. The van der Waals surface area contributed by atoms with Gasteiger partial charge in [0.25, 0.3) is 0 Å². The zero-order valence-corrected chi connectivity index (χ0v) is 5.83. The Balaban J connectivity index is 1.82. The fourth-order valence-corrected chi connectivity index (χ4v) is 0.532. The standard InChI is InChI=1S/C6H10O4/c1-2-8-3-4-9-6-5(7)10-6/h6H,2-4H2,1H3. The van der Waals surface area contributed by atoms with E-state index in [0.717, 1.165) is 0 Å². The summed E-state index contributed by atoms with van der Waals surface area (Å²) in [6, 6.07) is 0. The van der Waals surface area contributed by atoms with Crippen molar-refractivity contribution in [2.75, 3.05) is 19.8 Å². The summed E-state index contributed by atoms with van der Waals surface area (Å²) in [6.45, 7) is 3.51. The minimum absolute atomic E-state index is 0.281. The molecule has 1 aliphatic rings. The Labute approximate surface area is 59.1 Å². The second kappa shape index (κ2) is 3.53. The van der Waals surface area contributed by atoms with E-state index in [2.05, 4.69) is 4.74 Å². The number of rotatable bonds is 5. The van der Waals surface area contributed by atoms with Crippen LogP contribution in [0, 0.1) is 0 Å². The lowest BCUT2D eigenvalue weighted by atomic mass is 10.7. The molecule has 0 radical (unpaired) electrons. The molecule has 1 fully saturated rings. The Morgan fingerprint density at radius 1 is 1.60 bits per heavy atom. The van der Waals surface area contributed by atoms with Gasteiger partial charge in [0.2, 0.25) is 0 Å². The van der Waals surface area contributed by atoms with Crippen molar-refractivity contribution in [3.8, 4) is 0 Å². The van der Waals surface area contributed by atoms with Crippen molar-refractivity contribution in [3.63, 3.8) is 0 Å². The summed E-state index contributed by atoms with van der Waals surface area (Å²) in [7, 11) is 0. The lowest BCUT2D eigenvalue weighted by molar-refractivity contribution is -0.117. The molecule has 0 amide bonds. The fraction of sp³-hybridized carbons (Fsp3) is 0.833. The second-order valence-corrected chi connectivity index (χ2v) is 1.84. The first-order valence-corrected chi connectivity index (χ1v) is 3.24. The van der Waals surface area contributed by atoms with Gasteiger partial charge in [0, 0.05) is 6.61 Å². The summed E-state index contributed by atoms with van der Waals surface area (Å²) in [5.74, 6) is -0.281. The van der Waals surface area contributed by atoms with Gasteiger partial charge in [-0.1, -0.05) is 0 Å². The van der Waals surface area contributed by atoms with Crippen LogP contribution in [0.4, 0.5) is 0 Å². The van der Waals surface area contributed by atoms with E-state index in [1.165, 1.54) is 0 Å². The number of hydrogen-bond acceptors (Lipinski definition) is 4. The first-order valence-electron chi connectivity index (χ1n) is 3.24. The molecule has 4 nitrogen and oxygen atoms in total. The average molecular weight is 146 g/mol. The molecule has 1 unspecified atom stereocenters. The summed E-state index contributed by atoms with van der Waals surface area (Å²) in [4.78, 5) is 10.2. The molecule has 0 aromatic rings. The molecule has 0 N–H and O–H groups in total. The Hall–Kier alpha value is -0.610. The predicted octanol–water partition coefficient (Wildman–Crippen LogP) is -0.0776. The van der Waals surface area contributed by atoms with Crippen molar-refractivity contribution in [1.29, 1.82) is 0 Å². The number of cyclic esters (lactones) is 1. The normalized spacial score (nSPS) is 22.5. The molecular weight excluding hydrogens is 136 g/mol. The van der Waals surface area contributed by atoms with Crippen molar-refractivity contribution in [2.45, 2.75) is 13.2 Å². The summed E-state index contributed by atoms with van der Waals surface area (Å²) >= 11 is 0. The number of hydrogen-bond donors (Lipinski definition) is 0. The fourth-order valence-electron chi connectivity index (χ4n) is 0.532. The van der Waals surface area contributed by atoms with Gasteiger partial charge in [-0.05, 0) is 6.92 Å². The minimum Gasteiger partial charge on any atom is -0.419 e. The molecule has 1 atom stereocenters. The Bertz CT molecular complexity index is 123. The maximum atomic E-state index is 10.2. The second-order valence-electron chi connectivity index (χ2n) is 1.84. The molecule has 10 heavy (non-hydrogen) atoms. The third-order valence-electron chi connectivity index (χ3n) is 1.06. The molecule has 58 valence electrons. The topological polar surface area (TPSA) is 48.1 Å². The van der Waals surface area contributed by atoms with Crippen LogP contribution in [0.3, 0.4) is 0 Å².